The second kappa shape index (κ2) is 6.18. The zero-order chi connectivity index (χ0) is 12.1. The third-order valence-corrected chi connectivity index (χ3v) is 3.02. The van der Waals surface area contributed by atoms with Gasteiger partial charge >= 0.3 is 0 Å². The van der Waals surface area contributed by atoms with Crippen LogP contribution in [0.1, 0.15) is 13.3 Å². The summed E-state index contributed by atoms with van der Waals surface area (Å²) in [6, 6.07) is -0.0951. The summed E-state index contributed by atoms with van der Waals surface area (Å²) in [4.78, 5) is 13.5. The van der Waals surface area contributed by atoms with Gasteiger partial charge in [0.15, 0.2) is 0 Å². The molecule has 0 radical (unpaired) electrons. The molecule has 0 aromatic heterocycles. The van der Waals surface area contributed by atoms with Crippen LogP contribution in [-0.4, -0.2) is 61.9 Å². The molecule has 1 aliphatic heterocycles. The highest BCUT2D eigenvalue weighted by molar-refractivity contribution is 5.76. The summed E-state index contributed by atoms with van der Waals surface area (Å²) < 4.78 is 5.00. The molecule has 2 N–H and O–H groups in total. The molecule has 0 saturated carbocycles. The first kappa shape index (κ1) is 13.4. The number of rotatable bonds is 5. The predicted octanol–water partition coefficient (Wildman–Crippen LogP) is -0.550. The van der Waals surface area contributed by atoms with Crippen molar-refractivity contribution in [2.75, 3.05) is 33.9 Å². The Morgan fingerprint density at radius 2 is 2.31 bits per heavy atom. The number of hydrogen-bond acceptors (Lipinski definition) is 4. The number of carbonyl (C=O) groups excluding carboxylic acids is 1. The minimum atomic E-state index is -0.452. The Morgan fingerprint density at radius 1 is 1.62 bits per heavy atom. The van der Waals surface area contributed by atoms with Gasteiger partial charge in [0.1, 0.15) is 0 Å². The number of aliphatic hydroxyl groups is 1. The fraction of sp³-hybridized carbons (Fsp3) is 0.909. The molecule has 5 heteroatoms. The summed E-state index contributed by atoms with van der Waals surface area (Å²) in [5.41, 5.74) is 0. The van der Waals surface area contributed by atoms with E-state index in [1.165, 1.54) is 0 Å². The van der Waals surface area contributed by atoms with Crippen molar-refractivity contribution in [1.29, 1.82) is 0 Å². The van der Waals surface area contributed by atoms with E-state index in [2.05, 4.69) is 5.32 Å². The quantitative estimate of drug-likeness (QED) is 0.665. The van der Waals surface area contributed by atoms with Crippen molar-refractivity contribution >= 4 is 5.91 Å². The van der Waals surface area contributed by atoms with Gasteiger partial charge in [-0.15, -0.1) is 0 Å². The highest BCUT2D eigenvalue weighted by Gasteiger charge is 2.31. The third-order valence-electron chi connectivity index (χ3n) is 3.02. The smallest absolute Gasteiger partial charge is 0.223 e. The van der Waals surface area contributed by atoms with Crippen LogP contribution in [0.25, 0.3) is 0 Å². The average Bonchev–Trinajstić information content (AvgIpc) is 2.63. The molecule has 0 aromatic rings. The molecule has 5 nitrogen and oxygen atoms in total. The van der Waals surface area contributed by atoms with Crippen molar-refractivity contribution in [2.24, 2.45) is 5.92 Å². The second-order valence-electron chi connectivity index (χ2n) is 4.56. The monoisotopic (exact) mass is 230 g/mol. The molecule has 1 amide bonds. The Balaban J connectivity index is 2.40. The Hall–Kier alpha value is -0.650. The van der Waals surface area contributed by atoms with Crippen LogP contribution < -0.4 is 5.32 Å². The van der Waals surface area contributed by atoms with Gasteiger partial charge in [-0.3, -0.25) is 4.79 Å². The Morgan fingerprint density at radius 3 is 2.81 bits per heavy atom. The highest BCUT2D eigenvalue weighted by Crippen LogP contribution is 2.11. The van der Waals surface area contributed by atoms with Gasteiger partial charge in [-0.1, -0.05) is 6.92 Å². The van der Waals surface area contributed by atoms with E-state index in [1.54, 1.807) is 19.1 Å². The molecule has 16 heavy (non-hydrogen) atoms. The highest BCUT2D eigenvalue weighted by atomic mass is 16.5. The Bertz CT molecular complexity index is 235. The SMILES string of the molecule is COCC(C)CC(=O)N(C)[C@@H]1CNC[C@H]1O. The van der Waals surface area contributed by atoms with Crippen LogP contribution in [0.15, 0.2) is 0 Å². The van der Waals surface area contributed by atoms with E-state index in [9.17, 15) is 9.90 Å². The maximum atomic E-state index is 11.9. The second-order valence-corrected chi connectivity index (χ2v) is 4.56. The number of carbonyl (C=O) groups is 1. The van der Waals surface area contributed by atoms with Crippen molar-refractivity contribution in [3.63, 3.8) is 0 Å². The van der Waals surface area contributed by atoms with Crippen LogP contribution in [0.3, 0.4) is 0 Å². The van der Waals surface area contributed by atoms with E-state index in [4.69, 9.17) is 4.74 Å². The van der Waals surface area contributed by atoms with Crippen molar-refractivity contribution in [2.45, 2.75) is 25.5 Å². The van der Waals surface area contributed by atoms with Gasteiger partial charge in [-0.05, 0) is 5.92 Å². The number of methoxy groups -OCH3 is 1. The minimum absolute atomic E-state index is 0.0669. The molecule has 0 aliphatic carbocycles. The molecular weight excluding hydrogens is 208 g/mol. The van der Waals surface area contributed by atoms with Crippen molar-refractivity contribution in [3.8, 4) is 0 Å². The molecule has 1 aliphatic rings. The first-order chi connectivity index (χ1) is 7.56. The molecule has 0 bridgehead atoms. The lowest BCUT2D eigenvalue weighted by Crippen LogP contribution is -2.44. The zero-order valence-electron chi connectivity index (χ0n) is 10.3. The molecule has 1 unspecified atom stereocenters. The molecular formula is C11H22N2O3. The van der Waals surface area contributed by atoms with E-state index in [0.29, 0.717) is 26.1 Å². The summed E-state index contributed by atoms with van der Waals surface area (Å²) in [6.45, 7) is 3.81. The number of amides is 1. The molecule has 1 heterocycles. The largest absolute Gasteiger partial charge is 0.390 e. The third kappa shape index (κ3) is 3.43. The molecule has 0 spiro atoms. The lowest BCUT2D eigenvalue weighted by molar-refractivity contribution is -0.134. The Kier molecular flexibility index (Phi) is 5.18. The van der Waals surface area contributed by atoms with Crippen molar-refractivity contribution in [3.05, 3.63) is 0 Å². The topological polar surface area (TPSA) is 61.8 Å². The number of ether oxygens (including phenoxy) is 1. The Labute approximate surface area is 96.8 Å². The lowest BCUT2D eigenvalue weighted by atomic mass is 10.1. The van der Waals surface area contributed by atoms with Crippen LogP contribution >= 0.6 is 0 Å². The minimum Gasteiger partial charge on any atom is -0.390 e. The summed E-state index contributed by atoms with van der Waals surface area (Å²) in [5.74, 6) is 0.281. The lowest BCUT2D eigenvalue weighted by Gasteiger charge is -2.27. The summed E-state index contributed by atoms with van der Waals surface area (Å²) in [6.07, 6.45) is 0.0137. The van der Waals surface area contributed by atoms with Crippen LogP contribution in [0.2, 0.25) is 0 Å². The number of hydrogen-bond donors (Lipinski definition) is 2. The molecule has 0 aromatic carbocycles. The van der Waals surface area contributed by atoms with E-state index in [-0.39, 0.29) is 17.9 Å². The van der Waals surface area contributed by atoms with Crippen LogP contribution in [0.4, 0.5) is 0 Å². The number of β-amino-alcohol motifs (C(OH)–C–C–N with tert-alkyl or cyclic N) is 1. The van der Waals surface area contributed by atoms with Crippen LogP contribution in [0, 0.1) is 5.92 Å². The van der Waals surface area contributed by atoms with Gasteiger partial charge in [-0.25, -0.2) is 0 Å². The average molecular weight is 230 g/mol. The van der Waals surface area contributed by atoms with Crippen molar-refractivity contribution < 1.29 is 14.6 Å². The van der Waals surface area contributed by atoms with Gasteiger partial charge in [0.25, 0.3) is 0 Å². The summed E-state index contributed by atoms with van der Waals surface area (Å²) in [5, 5.41) is 12.7. The van der Waals surface area contributed by atoms with Gasteiger partial charge < -0.3 is 20.1 Å². The molecule has 1 fully saturated rings. The van der Waals surface area contributed by atoms with Gasteiger partial charge in [0, 0.05) is 40.3 Å². The van der Waals surface area contributed by atoms with E-state index in [1.807, 2.05) is 6.92 Å². The van der Waals surface area contributed by atoms with Crippen molar-refractivity contribution in [1.82, 2.24) is 10.2 Å². The van der Waals surface area contributed by atoms with Gasteiger partial charge in [0.2, 0.25) is 5.91 Å². The maximum absolute atomic E-state index is 11.9. The molecule has 94 valence electrons. The zero-order valence-corrected chi connectivity index (χ0v) is 10.3. The maximum Gasteiger partial charge on any atom is 0.223 e. The normalized spacial score (nSPS) is 26.8. The van der Waals surface area contributed by atoms with E-state index >= 15 is 0 Å². The first-order valence-corrected chi connectivity index (χ1v) is 5.69. The molecule has 1 saturated heterocycles. The number of nitrogens with one attached hydrogen (secondary N) is 1. The molecule has 1 rings (SSSR count). The van der Waals surface area contributed by atoms with E-state index in [0.717, 1.165) is 0 Å². The van der Waals surface area contributed by atoms with Crippen LogP contribution in [-0.2, 0) is 9.53 Å². The molecule has 3 atom stereocenters. The van der Waals surface area contributed by atoms with Gasteiger partial charge in [-0.2, -0.15) is 0 Å². The standard InChI is InChI=1S/C11H22N2O3/c1-8(7-16-3)4-11(15)13(2)9-5-12-6-10(9)14/h8-10,12,14H,4-7H2,1-3H3/t8?,9-,10-/m1/s1. The number of aliphatic hydroxyl groups excluding tert-OH is 1. The fourth-order valence-electron chi connectivity index (χ4n) is 2.02. The summed E-state index contributed by atoms with van der Waals surface area (Å²) >= 11 is 0. The fourth-order valence-corrected chi connectivity index (χ4v) is 2.02. The van der Waals surface area contributed by atoms with Crippen LogP contribution in [0.5, 0.6) is 0 Å². The number of likely N-dealkylation sites (N-methyl/N-ethyl adjacent to an activating group) is 1. The first-order valence-electron chi connectivity index (χ1n) is 5.69. The van der Waals surface area contributed by atoms with Gasteiger partial charge in [0.05, 0.1) is 12.1 Å². The number of nitrogens with zero attached hydrogens (tertiary/aromatic N) is 1. The van der Waals surface area contributed by atoms with E-state index < -0.39 is 6.10 Å². The predicted molar refractivity (Wildman–Crippen MR) is 61.1 cm³/mol. The summed E-state index contributed by atoms with van der Waals surface area (Å²) in [7, 11) is 3.39.